The maximum Gasteiger partial charge on any atom is 0.0398 e. The maximum atomic E-state index is 3.54. The first kappa shape index (κ1) is 12.8. The molecule has 0 aliphatic carbocycles. The van der Waals surface area contributed by atoms with Gasteiger partial charge in [-0.3, -0.25) is 0 Å². The van der Waals surface area contributed by atoms with E-state index in [9.17, 15) is 0 Å². The lowest BCUT2D eigenvalue weighted by atomic mass is 9.96. The average molecular weight is 278 g/mol. The highest BCUT2D eigenvalue weighted by molar-refractivity contribution is 5.58. The predicted molar refractivity (Wildman–Crippen MR) is 89.3 cm³/mol. The Morgan fingerprint density at radius 2 is 1.90 bits per heavy atom. The molecule has 2 heteroatoms. The van der Waals surface area contributed by atoms with Crippen molar-refractivity contribution in [2.45, 2.75) is 25.2 Å². The van der Waals surface area contributed by atoms with Crippen LogP contribution in [0.1, 0.15) is 29.9 Å². The molecule has 1 atom stereocenters. The Bertz CT molecular complexity index is 635. The molecule has 108 valence electrons. The van der Waals surface area contributed by atoms with Gasteiger partial charge < -0.3 is 10.2 Å². The van der Waals surface area contributed by atoms with Crippen molar-refractivity contribution in [1.82, 2.24) is 0 Å². The molecular formula is C19H22N2. The van der Waals surface area contributed by atoms with E-state index in [1.165, 1.54) is 48.3 Å². The van der Waals surface area contributed by atoms with Gasteiger partial charge in [0.25, 0.3) is 0 Å². The van der Waals surface area contributed by atoms with Crippen molar-refractivity contribution in [2.24, 2.45) is 0 Å². The minimum absolute atomic E-state index is 0.662. The summed E-state index contributed by atoms with van der Waals surface area (Å²) in [5, 5.41) is 3.54. The van der Waals surface area contributed by atoms with Crippen LogP contribution in [0.3, 0.4) is 0 Å². The third-order valence-corrected chi connectivity index (χ3v) is 4.89. The topological polar surface area (TPSA) is 15.3 Å². The maximum absolute atomic E-state index is 3.54. The Kier molecular flexibility index (Phi) is 3.30. The summed E-state index contributed by atoms with van der Waals surface area (Å²) in [4.78, 5) is 2.58. The first-order chi connectivity index (χ1) is 10.4. The fourth-order valence-corrected chi connectivity index (χ4v) is 3.77. The van der Waals surface area contributed by atoms with Crippen LogP contribution in [0.25, 0.3) is 0 Å². The third-order valence-electron chi connectivity index (χ3n) is 4.89. The first-order valence-electron chi connectivity index (χ1n) is 8.07. The van der Waals surface area contributed by atoms with Crippen LogP contribution in [-0.2, 0) is 6.42 Å². The second-order valence-corrected chi connectivity index (χ2v) is 6.17. The van der Waals surface area contributed by atoms with Gasteiger partial charge in [-0.05, 0) is 42.5 Å². The molecule has 0 fully saturated rings. The van der Waals surface area contributed by atoms with Crippen LogP contribution in [-0.4, -0.2) is 19.6 Å². The van der Waals surface area contributed by atoms with Gasteiger partial charge in [0.1, 0.15) is 0 Å². The van der Waals surface area contributed by atoms with Crippen LogP contribution in [0, 0.1) is 0 Å². The first-order valence-corrected chi connectivity index (χ1v) is 8.07. The summed E-state index contributed by atoms with van der Waals surface area (Å²) in [6, 6.07) is 17.7. The highest BCUT2D eigenvalue weighted by Crippen LogP contribution is 2.34. The summed E-state index contributed by atoms with van der Waals surface area (Å²) >= 11 is 0. The van der Waals surface area contributed by atoms with Gasteiger partial charge in [-0.1, -0.05) is 36.4 Å². The van der Waals surface area contributed by atoms with E-state index in [4.69, 9.17) is 0 Å². The fraction of sp³-hybridized carbons (Fsp3) is 0.368. The molecule has 2 aliphatic rings. The van der Waals surface area contributed by atoms with Crippen LogP contribution in [0.2, 0.25) is 0 Å². The van der Waals surface area contributed by atoms with E-state index in [2.05, 4.69) is 58.7 Å². The van der Waals surface area contributed by atoms with E-state index >= 15 is 0 Å². The Hall–Kier alpha value is -1.96. The van der Waals surface area contributed by atoms with Crippen LogP contribution < -0.4 is 10.2 Å². The molecule has 0 bridgehead atoms. The van der Waals surface area contributed by atoms with Crippen LogP contribution in [0.4, 0.5) is 11.4 Å². The number of nitrogens with zero attached hydrogens (tertiary/aromatic N) is 1. The van der Waals surface area contributed by atoms with Crippen molar-refractivity contribution in [2.75, 3.05) is 29.9 Å². The van der Waals surface area contributed by atoms with Gasteiger partial charge >= 0.3 is 0 Å². The van der Waals surface area contributed by atoms with Crippen LogP contribution in [0.15, 0.2) is 48.5 Å². The third kappa shape index (κ3) is 2.39. The SMILES string of the molecule is c1ccc2c(c1)CCCN2CCC1CNc2ccccc21. The lowest BCUT2D eigenvalue weighted by molar-refractivity contribution is 0.616. The van der Waals surface area contributed by atoms with E-state index in [-0.39, 0.29) is 0 Å². The standard InChI is InChI=1S/C19H22N2/c1-4-10-19-15(6-1)7-5-12-21(19)13-11-16-14-20-18-9-3-2-8-17(16)18/h1-4,6,8-10,16,20H,5,7,11-14H2. The smallest absolute Gasteiger partial charge is 0.0398 e. The molecule has 0 saturated heterocycles. The summed E-state index contributed by atoms with van der Waals surface area (Å²) in [5.74, 6) is 0.662. The number of hydrogen-bond donors (Lipinski definition) is 1. The number of hydrogen-bond acceptors (Lipinski definition) is 2. The lowest BCUT2D eigenvalue weighted by Gasteiger charge is -2.32. The molecule has 2 aromatic carbocycles. The minimum Gasteiger partial charge on any atom is -0.384 e. The zero-order chi connectivity index (χ0) is 14.1. The van der Waals surface area contributed by atoms with Crippen molar-refractivity contribution in [3.8, 4) is 0 Å². The van der Waals surface area contributed by atoms with Crippen LogP contribution >= 0.6 is 0 Å². The molecule has 0 saturated carbocycles. The molecule has 0 aromatic heterocycles. The molecule has 4 rings (SSSR count). The fourth-order valence-electron chi connectivity index (χ4n) is 3.77. The summed E-state index contributed by atoms with van der Waals surface area (Å²) in [6.45, 7) is 3.46. The predicted octanol–water partition coefficient (Wildman–Crippen LogP) is 4.04. The van der Waals surface area contributed by atoms with E-state index in [0.29, 0.717) is 5.92 Å². The number of anilines is 2. The van der Waals surface area contributed by atoms with Gasteiger partial charge in [0.05, 0.1) is 0 Å². The van der Waals surface area contributed by atoms with Gasteiger partial charge in [-0.2, -0.15) is 0 Å². The van der Waals surface area contributed by atoms with E-state index in [1.807, 2.05) is 0 Å². The zero-order valence-electron chi connectivity index (χ0n) is 12.4. The number of rotatable bonds is 3. The highest BCUT2D eigenvalue weighted by atomic mass is 15.1. The quantitative estimate of drug-likeness (QED) is 0.911. The monoisotopic (exact) mass is 278 g/mol. The molecule has 2 aromatic rings. The minimum atomic E-state index is 0.662. The molecule has 21 heavy (non-hydrogen) atoms. The summed E-state index contributed by atoms with van der Waals surface area (Å²) in [5.41, 5.74) is 5.82. The van der Waals surface area contributed by atoms with Crippen molar-refractivity contribution in [1.29, 1.82) is 0 Å². The Morgan fingerprint density at radius 3 is 2.90 bits per heavy atom. The Balaban J connectivity index is 1.47. The van der Waals surface area contributed by atoms with Gasteiger partial charge in [0, 0.05) is 36.9 Å². The summed E-state index contributed by atoms with van der Waals surface area (Å²) in [6.07, 6.45) is 3.76. The second-order valence-electron chi connectivity index (χ2n) is 6.17. The largest absolute Gasteiger partial charge is 0.384 e. The van der Waals surface area contributed by atoms with Crippen molar-refractivity contribution in [3.05, 3.63) is 59.7 Å². The molecule has 1 unspecified atom stereocenters. The van der Waals surface area contributed by atoms with Gasteiger partial charge in [-0.15, -0.1) is 0 Å². The molecule has 0 spiro atoms. The van der Waals surface area contributed by atoms with Crippen LogP contribution in [0.5, 0.6) is 0 Å². The van der Waals surface area contributed by atoms with E-state index < -0.39 is 0 Å². The lowest BCUT2D eigenvalue weighted by Crippen LogP contribution is -2.31. The molecule has 0 amide bonds. The van der Waals surface area contributed by atoms with E-state index in [1.54, 1.807) is 0 Å². The molecule has 0 radical (unpaired) electrons. The van der Waals surface area contributed by atoms with Gasteiger partial charge in [0.2, 0.25) is 0 Å². The Morgan fingerprint density at radius 1 is 1.05 bits per heavy atom. The summed E-state index contributed by atoms with van der Waals surface area (Å²) in [7, 11) is 0. The van der Waals surface area contributed by atoms with E-state index in [0.717, 1.165) is 13.1 Å². The van der Waals surface area contributed by atoms with Crippen molar-refractivity contribution in [3.63, 3.8) is 0 Å². The number of nitrogens with one attached hydrogen (secondary N) is 1. The molecule has 1 N–H and O–H groups in total. The molecular weight excluding hydrogens is 256 g/mol. The molecule has 2 aliphatic heterocycles. The Labute approximate surface area is 126 Å². The van der Waals surface area contributed by atoms with Gasteiger partial charge in [0.15, 0.2) is 0 Å². The van der Waals surface area contributed by atoms with Gasteiger partial charge in [-0.25, -0.2) is 0 Å². The van der Waals surface area contributed by atoms with Crippen molar-refractivity contribution < 1.29 is 0 Å². The number of fused-ring (bicyclic) bond motifs is 2. The van der Waals surface area contributed by atoms with Crippen molar-refractivity contribution >= 4 is 11.4 Å². The average Bonchev–Trinajstić information content (AvgIpc) is 2.96. The number of aryl methyl sites for hydroxylation is 1. The molecule has 2 heterocycles. The number of para-hydroxylation sites is 2. The second kappa shape index (κ2) is 5.44. The highest BCUT2D eigenvalue weighted by Gasteiger charge is 2.23. The zero-order valence-corrected chi connectivity index (χ0v) is 12.4. The number of benzene rings is 2. The normalized spacial score (nSPS) is 19.8. The molecule has 2 nitrogen and oxygen atoms in total. The summed E-state index contributed by atoms with van der Waals surface area (Å²) < 4.78 is 0.